The molecule has 1 saturated heterocycles. The van der Waals surface area contributed by atoms with Crippen LogP contribution in [0.15, 0.2) is 47.5 Å². The third-order valence-corrected chi connectivity index (χ3v) is 8.52. The number of amides is 1. The Morgan fingerprint density at radius 2 is 2.00 bits per heavy atom. The van der Waals surface area contributed by atoms with E-state index in [1.54, 1.807) is 18.2 Å². The van der Waals surface area contributed by atoms with Crippen LogP contribution in [0, 0.1) is 6.92 Å². The third kappa shape index (κ3) is 5.84. The molecule has 4 rings (SSSR count). The number of aliphatic imine (C=N–C) groups is 1. The molecular formula is C22H22F3N3O4S2. The minimum absolute atomic E-state index is 0.00312. The maximum atomic E-state index is 12.8. The van der Waals surface area contributed by atoms with Crippen LogP contribution in [0.3, 0.4) is 0 Å². The van der Waals surface area contributed by atoms with E-state index in [0.29, 0.717) is 16.4 Å². The van der Waals surface area contributed by atoms with E-state index in [2.05, 4.69) is 15.6 Å². The first-order chi connectivity index (χ1) is 16.0. The van der Waals surface area contributed by atoms with Crippen molar-refractivity contribution >= 4 is 38.4 Å². The highest BCUT2D eigenvalue weighted by Crippen LogP contribution is 2.35. The number of anilines is 1. The van der Waals surface area contributed by atoms with Gasteiger partial charge in [-0.05, 0) is 42.8 Å². The number of ether oxygens (including phenoxy) is 1. The second-order valence-corrected chi connectivity index (χ2v) is 11.4. The van der Waals surface area contributed by atoms with Crippen LogP contribution < -0.4 is 15.4 Å². The highest BCUT2D eigenvalue weighted by Gasteiger charge is 2.42. The summed E-state index contributed by atoms with van der Waals surface area (Å²) in [6.45, 7) is 1.98. The summed E-state index contributed by atoms with van der Waals surface area (Å²) in [7, 11) is -3.03. The summed E-state index contributed by atoms with van der Waals surface area (Å²) in [6, 6.07) is 9.41. The average Bonchev–Trinajstić information content (AvgIpc) is 3.24. The highest BCUT2D eigenvalue weighted by molar-refractivity contribution is 8.15. The number of alkyl halides is 3. The molecule has 1 fully saturated rings. The molecule has 0 radical (unpaired) electrons. The number of sulfone groups is 1. The fourth-order valence-electron chi connectivity index (χ4n) is 3.63. The highest BCUT2D eigenvalue weighted by atomic mass is 32.2. The normalized spacial score (nSPS) is 21.0. The van der Waals surface area contributed by atoms with Gasteiger partial charge in [0.15, 0.2) is 15.0 Å². The molecule has 0 spiro atoms. The van der Waals surface area contributed by atoms with Crippen LogP contribution >= 0.6 is 11.8 Å². The molecule has 2 aromatic rings. The zero-order valence-electron chi connectivity index (χ0n) is 18.1. The molecule has 0 saturated carbocycles. The Hall–Kier alpha value is -2.73. The van der Waals surface area contributed by atoms with Crippen LogP contribution in [-0.4, -0.2) is 55.4 Å². The molecule has 2 aromatic carbocycles. The first-order valence-corrected chi connectivity index (χ1v) is 13.1. The number of amidine groups is 1. The smallest absolute Gasteiger partial charge is 0.416 e. The number of fused-ring (bicyclic) bond motifs is 1. The lowest BCUT2D eigenvalue weighted by molar-refractivity contribution is -0.137. The lowest BCUT2D eigenvalue weighted by Crippen LogP contribution is -2.28. The van der Waals surface area contributed by atoms with E-state index in [9.17, 15) is 26.4 Å². The lowest BCUT2D eigenvalue weighted by Gasteiger charge is -2.13. The number of carbonyl (C=O) groups excluding carboxylic acids is 1. The van der Waals surface area contributed by atoms with Gasteiger partial charge in [0.25, 0.3) is 5.91 Å². The third-order valence-electron chi connectivity index (χ3n) is 5.38. The van der Waals surface area contributed by atoms with Gasteiger partial charge in [-0.25, -0.2) is 8.42 Å². The van der Waals surface area contributed by atoms with E-state index in [4.69, 9.17) is 4.74 Å². The molecule has 7 nitrogen and oxygen atoms in total. The Morgan fingerprint density at radius 3 is 2.74 bits per heavy atom. The van der Waals surface area contributed by atoms with E-state index >= 15 is 0 Å². The zero-order valence-corrected chi connectivity index (χ0v) is 19.7. The number of rotatable bonds is 6. The maximum absolute atomic E-state index is 12.8. The minimum atomic E-state index is -4.45. The quantitative estimate of drug-likeness (QED) is 0.574. The molecule has 2 N–H and O–H groups in total. The summed E-state index contributed by atoms with van der Waals surface area (Å²) in [6.07, 6.45) is -4.45. The molecule has 1 amide bonds. The van der Waals surface area contributed by atoms with Gasteiger partial charge in [-0.15, -0.1) is 0 Å². The van der Waals surface area contributed by atoms with Gasteiger partial charge in [0.2, 0.25) is 0 Å². The zero-order chi connectivity index (χ0) is 24.5. The van der Waals surface area contributed by atoms with Gasteiger partial charge in [0.1, 0.15) is 12.4 Å². The van der Waals surface area contributed by atoms with Gasteiger partial charge in [-0.1, -0.05) is 23.9 Å². The van der Waals surface area contributed by atoms with Crippen molar-refractivity contribution in [3.8, 4) is 5.75 Å². The first kappa shape index (κ1) is 24.4. The number of aryl methyl sites for hydroxylation is 1. The number of benzene rings is 2. The fourth-order valence-corrected chi connectivity index (χ4v) is 7.29. The summed E-state index contributed by atoms with van der Waals surface area (Å²) in [5.74, 6) is -0.126. The molecule has 2 atom stereocenters. The molecule has 0 aliphatic carbocycles. The molecule has 2 heterocycles. The minimum Gasteiger partial charge on any atom is -0.492 e. The number of carbonyl (C=O) groups is 1. The SMILES string of the molecule is Cc1ccc(C(=O)NCCOc2cccc(C(F)(F)F)c2)cc1NC1=NC2CS(=O)(=O)CC2S1. The van der Waals surface area contributed by atoms with Crippen molar-refractivity contribution in [2.75, 3.05) is 30.0 Å². The number of nitrogens with zero attached hydrogens (tertiary/aromatic N) is 1. The predicted molar refractivity (Wildman–Crippen MR) is 125 cm³/mol. The average molecular weight is 514 g/mol. The summed E-state index contributed by atoms with van der Waals surface area (Å²) in [4.78, 5) is 17.0. The first-order valence-electron chi connectivity index (χ1n) is 10.4. The maximum Gasteiger partial charge on any atom is 0.416 e. The van der Waals surface area contributed by atoms with E-state index < -0.39 is 21.6 Å². The van der Waals surface area contributed by atoms with E-state index in [1.807, 2.05) is 6.92 Å². The van der Waals surface area contributed by atoms with Gasteiger partial charge in [-0.2, -0.15) is 13.2 Å². The van der Waals surface area contributed by atoms with Crippen molar-refractivity contribution < 1.29 is 31.1 Å². The van der Waals surface area contributed by atoms with Crippen LogP contribution in [0.2, 0.25) is 0 Å². The molecule has 2 aliphatic heterocycles. The Kier molecular flexibility index (Phi) is 6.81. The molecule has 34 heavy (non-hydrogen) atoms. The van der Waals surface area contributed by atoms with Crippen molar-refractivity contribution in [2.45, 2.75) is 24.4 Å². The number of nitrogens with one attached hydrogen (secondary N) is 2. The predicted octanol–water partition coefficient (Wildman–Crippen LogP) is 3.50. The molecular weight excluding hydrogens is 491 g/mol. The summed E-state index contributed by atoms with van der Waals surface area (Å²) < 4.78 is 67.1. The standard InChI is InChI=1S/C22H22F3N3O4S2/c1-13-5-6-14(9-17(13)27-21-28-18-11-34(30,31)12-19(18)33-21)20(29)26-7-8-32-16-4-2-3-15(10-16)22(23,24)25/h2-6,9-10,18-19H,7-8,11-12H2,1H3,(H,26,29)(H,27,28). The number of thioether (sulfide) groups is 1. The Balaban J connectivity index is 1.31. The summed E-state index contributed by atoms with van der Waals surface area (Å²) in [5, 5.41) is 6.41. The van der Waals surface area contributed by atoms with Gasteiger partial charge in [-0.3, -0.25) is 9.79 Å². The van der Waals surface area contributed by atoms with Gasteiger partial charge >= 0.3 is 6.18 Å². The topological polar surface area (TPSA) is 96.9 Å². The van der Waals surface area contributed by atoms with Crippen molar-refractivity contribution in [1.82, 2.24) is 5.32 Å². The van der Waals surface area contributed by atoms with Gasteiger partial charge in [0.05, 0.1) is 29.7 Å². The Morgan fingerprint density at radius 1 is 1.21 bits per heavy atom. The van der Waals surface area contributed by atoms with Crippen LogP contribution in [0.5, 0.6) is 5.75 Å². The van der Waals surface area contributed by atoms with Crippen LogP contribution in [0.4, 0.5) is 18.9 Å². The molecule has 2 unspecified atom stereocenters. The van der Waals surface area contributed by atoms with Gasteiger partial charge in [0, 0.05) is 16.5 Å². The van der Waals surface area contributed by atoms with Crippen molar-refractivity contribution in [1.29, 1.82) is 0 Å². The monoisotopic (exact) mass is 513 g/mol. The van der Waals surface area contributed by atoms with E-state index in [0.717, 1.165) is 17.7 Å². The molecule has 2 aliphatic rings. The number of halogens is 3. The van der Waals surface area contributed by atoms with Crippen molar-refractivity contribution in [2.24, 2.45) is 4.99 Å². The fraction of sp³-hybridized carbons (Fsp3) is 0.364. The largest absolute Gasteiger partial charge is 0.492 e. The van der Waals surface area contributed by atoms with E-state index in [-0.39, 0.29) is 47.6 Å². The lowest BCUT2D eigenvalue weighted by atomic mass is 10.1. The Bertz CT molecular complexity index is 1230. The van der Waals surface area contributed by atoms with Crippen LogP contribution in [0.25, 0.3) is 0 Å². The van der Waals surface area contributed by atoms with E-state index in [1.165, 1.54) is 23.9 Å². The molecule has 0 bridgehead atoms. The van der Waals surface area contributed by atoms with Crippen LogP contribution in [-0.2, 0) is 16.0 Å². The van der Waals surface area contributed by atoms with Crippen molar-refractivity contribution in [3.63, 3.8) is 0 Å². The van der Waals surface area contributed by atoms with Gasteiger partial charge < -0.3 is 15.4 Å². The van der Waals surface area contributed by atoms with Crippen molar-refractivity contribution in [3.05, 3.63) is 59.2 Å². The molecule has 12 heteroatoms. The molecule has 182 valence electrons. The second-order valence-electron chi connectivity index (χ2n) is 8.02. The molecule has 0 aromatic heterocycles. The number of hydrogen-bond acceptors (Lipinski definition) is 7. The second kappa shape index (κ2) is 9.49. The summed E-state index contributed by atoms with van der Waals surface area (Å²) >= 11 is 1.39. The Labute approximate surface area is 199 Å². The summed E-state index contributed by atoms with van der Waals surface area (Å²) in [5.41, 5.74) is 1.15. The van der Waals surface area contributed by atoms with Crippen LogP contribution in [0.1, 0.15) is 21.5 Å². The number of hydrogen-bond donors (Lipinski definition) is 2.